The molecule has 0 N–H and O–H groups in total. The molecule has 4 aliphatic rings. The number of alkyl halides is 6. The summed E-state index contributed by atoms with van der Waals surface area (Å²) in [6.07, 6.45) is -10.3. The lowest BCUT2D eigenvalue weighted by atomic mass is 9.29. The lowest BCUT2D eigenvalue weighted by Gasteiger charge is -2.50. The van der Waals surface area contributed by atoms with Gasteiger partial charge in [-0.25, -0.2) is 0 Å². The van der Waals surface area contributed by atoms with Crippen molar-refractivity contribution in [1.82, 2.24) is 0 Å². The van der Waals surface area contributed by atoms with Gasteiger partial charge < -0.3 is 9.80 Å². The van der Waals surface area contributed by atoms with Crippen LogP contribution < -0.4 is 42.6 Å². The average molecular weight is 977 g/mol. The van der Waals surface area contributed by atoms with Crippen molar-refractivity contribution in [2.24, 2.45) is 0 Å². The smallest absolute Gasteiger partial charge is 0.312 e. The molecule has 2 nitrogen and oxygen atoms in total. The van der Waals surface area contributed by atoms with Crippen molar-refractivity contribution in [3.63, 3.8) is 0 Å². The molecule has 0 fully saturated rings. The minimum Gasteiger partial charge on any atom is -0.312 e. The summed E-state index contributed by atoms with van der Waals surface area (Å²) in [7, 11) is 0. The van der Waals surface area contributed by atoms with Crippen LogP contribution in [0.5, 0.6) is 0 Å². The van der Waals surface area contributed by atoms with E-state index in [2.05, 4.69) is 89.8 Å². The zero-order chi connectivity index (χ0) is 49.3. The van der Waals surface area contributed by atoms with Gasteiger partial charge in [0.15, 0.2) is 0 Å². The van der Waals surface area contributed by atoms with Crippen molar-refractivity contribution < 1.29 is 26.3 Å². The van der Waals surface area contributed by atoms with Crippen LogP contribution in [0.2, 0.25) is 0 Å². The Morgan fingerprint density at radius 2 is 0.767 bits per heavy atom. The zero-order valence-corrected chi connectivity index (χ0v) is 39.3. The van der Waals surface area contributed by atoms with Crippen LogP contribution in [0, 0.1) is 0 Å². The predicted octanol–water partition coefficient (Wildman–Crippen LogP) is 13.8. The van der Waals surface area contributed by atoms with Crippen LogP contribution in [0.3, 0.4) is 0 Å². The van der Waals surface area contributed by atoms with E-state index in [1.165, 1.54) is 0 Å². The largest absolute Gasteiger partial charge is 0.418 e. The molecule has 4 heterocycles. The molecule has 0 aromatic heterocycles. The summed E-state index contributed by atoms with van der Waals surface area (Å²) in [6, 6.07) is 68.9. The molecule has 0 unspecified atom stereocenters. The molecular weight excluding hydrogens is 940 g/mol. The molecule has 0 amide bonds. The maximum absolute atomic E-state index is 16.2. The molecule has 11 heteroatoms. The monoisotopic (exact) mass is 976 g/mol. The third-order valence-electron chi connectivity index (χ3n) is 14.9. The van der Waals surface area contributed by atoms with Crippen LogP contribution >= 0.6 is 11.8 Å². The Morgan fingerprint density at radius 3 is 1.25 bits per heavy atom. The lowest BCUT2D eigenvalue weighted by molar-refractivity contribution is -0.142. The first-order valence-corrected chi connectivity index (χ1v) is 24.8. The summed E-state index contributed by atoms with van der Waals surface area (Å²) in [6.45, 7) is -0.798. The van der Waals surface area contributed by atoms with Gasteiger partial charge in [0.1, 0.15) is 0 Å². The first kappa shape index (κ1) is 43.6. The first-order valence-electron chi connectivity index (χ1n) is 24.0. The second-order valence-electron chi connectivity index (χ2n) is 18.9. The van der Waals surface area contributed by atoms with Gasteiger partial charge in [0.05, 0.1) is 16.8 Å². The van der Waals surface area contributed by atoms with Crippen molar-refractivity contribution in [1.29, 1.82) is 0 Å². The van der Waals surface area contributed by atoms with Crippen LogP contribution in [-0.2, 0) is 12.4 Å². The minimum absolute atomic E-state index is 0.188. The van der Waals surface area contributed by atoms with Gasteiger partial charge in [-0.2, -0.15) is 26.3 Å². The molecule has 348 valence electrons. The van der Waals surface area contributed by atoms with Crippen molar-refractivity contribution in [2.75, 3.05) is 9.80 Å². The first-order chi connectivity index (χ1) is 35.5. The molecule has 0 bridgehead atoms. The van der Waals surface area contributed by atoms with Crippen LogP contribution in [0.15, 0.2) is 228 Å². The SMILES string of the molecule is FC(F)(F)c1cc(-c2ccccc2)c(N2c3ccc(-c4ccccc4)cc3B3c4cc(-c5ccccc5)ccc4N4c5ccc(-c6ccccc6)cc5B5c6ccccc6Sc6cc2c3c4c65)c(C(F)(F)F)c1. The van der Waals surface area contributed by atoms with Crippen molar-refractivity contribution in [3.05, 3.63) is 230 Å². The summed E-state index contributed by atoms with van der Waals surface area (Å²) in [5.41, 5.74) is 12.1. The Kier molecular flexibility index (Phi) is 9.67. The Hall–Kier alpha value is -8.14. The van der Waals surface area contributed by atoms with Gasteiger partial charge in [-0.3, -0.25) is 0 Å². The van der Waals surface area contributed by atoms with E-state index in [9.17, 15) is 0 Å². The van der Waals surface area contributed by atoms with E-state index in [4.69, 9.17) is 0 Å². The molecule has 0 saturated carbocycles. The van der Waals surface area contributed by atoms with E-state index in [1.54, 1.807) is 47.0 Å². The van der Waals surface area contributed by atoms with E-state index in [1.807, 2.05) is 91.0 Å². The third kappa shape index (κ3) is 6.78. The Balaban J connectivity index is 1.15. The number of hydrogen-bond donors (Lipinski definition) is 0. The second kappa shape index (κ2) is 16.2. The van der Waals surface area contributed by atoms with Crippen molar-refractivity contribution >= 4 is 92.1 Å². The maximum atomic E-state index is 16.2. The van der Waals surface area contributed by atoms with Crippen molar-refractivity contribution in [2.45, 2.75) is 22.1 Å². The predicted molar refractivity (Wildman–Crippen MR) is 287 cm³/mol. The summed E-state index contributed by atoms with van der Waals surface area (Å²) in [5.74, 6) is 0. The van der Waals surface area contributed by atoms with E-state index in [0.717, 1.165) is 99.1 Å². The Morgan fingerprint density at radius 1 is 0.329 bits per heavy atom. The molecule has 4 aliphatic heterocycles. The molecule has 0 atom stereocenters. The second-order valence-corrected chi connectivity index (χ2v) is 20.0. The summed E-state index contributed by atoms with van der Waals surface area (Å²) in [4.78, 5) is 5.82. The Bertz CT molecular complexity index is 3890. The van der Waals surface area contributed by atoms with Gasteiger partial charge in [-0.1, -0.05) is 193 Å². The number of halogens is 6. The minimum atomic E-state index is -5.21. The highest BCUT2D eigenvalue weighted by atomic mass is 32.2. The number of fused-ring (bicyclic) bond motifs is 10. The van der Waals surface area contributed by atoms with Crippen LogP contribution in [0.4, 0.5) is 60.5 Å². The fourth-order valence-electron chi connectivity index (χ4n) is 11.9. The van der Waals surface area contributed by atoms with Crippen LogP contribution in [-0.4, -0.2) is 13.4 Å². The van der Waals surface area contributed by atoms with Gasteiger partial charge in [-0.05, 0) is 109 Å². The van der Waals surface area contributed by atoms with Gasteiger partial charge in [-0.15, -0.1) is 0 Å². The molecular formula is C62H36B2F6N2S. The highest BCUT2D eigenvalue weighted by Gasteiger charge is 2.52. The van der Waals surface area contributed by atoms with Crippen LogP contribution in [0.1, 0.15) is 11.1 Å². The summed E-state index contributed by atoms with van der Waals surface area (Å²) >= 11 is 1.58. The average Bonchev–Trinajstić information content (AvgIpc) is 3.42. The topological polar surface area (TPSA) is 6.48 Å². The van der Waals surface area contributed by atoms with E-state index in [0.29, 0.717) is 11.4 Å². The molecule has 0 spiro atoms. The summed E-state index contributed by atoms with van der Waals surface area (Å²) < 4.78 is 93.7. The van der Waals surface area contributed by atoms with Crippen LogP contribution in [0.25, 0.3) is 44.5 Å². The number of nitrogens with zero attached hydrogens (tertiary/aromatic N) is 2. The maximum Gasteiger partial charge on any atom is 0.418 e. The van der Waals surface area contributed by atoms with Gasteiger partial charge >= 0.3 is 12.4 Å². The molecule has 0 saturated heterocycles. The molecule has 0 radical (unpaired) electrons. The number of hydrogen-bond acceptors (Lipinski definition) is 3. The molecule has 10 aromatic rings. The van der Waals surface area contributed by atoms with Gasteiger partial charge in [0.2, 0.25) is 6.71 Å². The molecule has 14 rings (SSSR count). The lowest BCUT2D eigenvalue weighted by Crippen LogP contribution is -2.68. The zero-order valence-electron chi connectivity index (χ0n) is 38.5. The highest BCUT2D eigenvalue weighted by Crippen LogP contribution is 2.54. The van der Waals surface area contributed by atoms with Gasteiger partial charge in [0.25, 0.3) is 6.71 Å². The normalized spacial score (nSPS) is 13.7. The van der Waals surface area contributed by atoms with E-state index >= 15 is 26.3 Å². The molecule has 73 heavy (non-hydrogen) atoms. The quantitative estimate of drug-likeness (QED) is 0.125. The molecule has 0 aliphatic carbocycles. The fraction of sp³-hybridized carbons (Fsp3) is 0.0323. The molecule has 10 aromatic carbocycles. The Labute approximate surface area is 422 Å². The standard InChI is InChI=1S/C62H36B2F6N2S/c65-61(66,67)44-34-45(40-21-11-4-12-22-40)59(46(35-44)62(68,69)70)72-53-30-27-43(39-19-9-3-10-20-39)33-50(53)64-49-32-42(38-17-7-2-8-18-38)26-29-52(49)71-51-28-25-41(37-15-5-1-6-16-37)31-48(51)63-47-23-13-14-24-55(47)73-56-36-54(72)57(64)60(71)58(56)63/h1-36H. The summed E-state index contributed by atoms with van der Waals surface area (Å²) in [5, 5.41) is 0. The fourth-order valence-corrected chi connectivity index (χ4v) is 13.0. The van der Waals surface area contributed by atoms with E-state index < -0.39 is 30.2 Å². The number of anilines is 6. The number of rotatable bonds is 5. The number of benzene rings is 10. The van der Waals surface area contributed by atoms with E-state index in [-0.39, 0.29) is 29.6 Å². The van der Waals surface area contributed by atoms with Gasteiger partial charge in [0, 0.05) is 43.8 Å². The third-order valence-corrected chi connectivity index (χ3v) is 16.1. The van der Waals surface area contributed by atoms with Crippen molar-refractivity contribution in [3.8, 4) is 44.5 Å². The highest BCUT2D eigenvalue weighted by molar-refractivity contribution is 8.00.